The van der Waals surface area contributed by atoms with Crippen LogP contribution >= 0.6 is 0 Å². The van der Waals surface area contributed by atoms with Crippen LogP contribution in [0.15, 0.2) is 70.1 Å². The number of hydrogen-bond donors (Lipinski definition) is 2. The van der Waals surface area contributed by atoms with E-state index in [0.29, 0.717) is 33.9 Å². The first-order chi connectivity index (χ1) is 21.6. The molecule has 3 aromatic carbocycles. The maximum absolute atomic E-state index is 15.1. The minimum Gasteiger partial charge on any atom is -0.440 e. The molecular weight excluding hydrogens is 630 g/mol. The molecule has 0 radical (unpaired) electrons. The lowest BCUT2D eigenvalue weighted by Crippen LogP contribution is -2.16. The van der Waals surface area contributed by atoms with Gasteiger partial charge in [0, 0.05) is 29.1 Å². The molecule has 2 N–H and O–H groups in total. The zero-order valence-electron chi connectivity index (χ0n) is 25.1. The second-order valence-electron chi connectivity index (χ2n) is 10.8. The Labute approximate surface area is 261 Å². The van der Waals surface area contributed by atoms with E-state index in [1.165, 1.54) is 18.2 Å². The highest BCUT2D eigenvalue weighted by atomic mass is 32.2. The number of ether oxygens (including phenoxy) is 1. The molecule has 0 fully saturated rings. The van der Waals surface area contributed by atoms with Gasteiger partial charge in [0.2, 0.25) is 5.89 Å². The molecule has 0 amide bonds. The molecule has 0 spiro atoms. The number of alkyl halides is 3. The summed E-state index contributed by atoms with van der Waals surface area (Å²) >= 11 is 0. The Bertz CT molecular complexity index is 2020. The third-order valence-corrected chi connectivity index (χ3v) is 8.41. The molecule has 0 aliphatic heterocycles. The maximum Gasteiger partial charge on any atom is 0.573 e. The van der Waals surface area contributed by atoms with Crippen LogP contribution in [0.25, 0.3) is 39.4 Å². The van der Waals surface area contributed by atoms with Crippen molar-refractivity contribution in [1.29, 1.82) is 0 Å². The highest BCUT2D eigenvalue weighted by molar-refractivity contribution is 7.90. The number of hydrogen-bond acceptors (Lipinski definition) is 8. The Morgan fingerprint density at radius 3 is 2.22 bits per heavy atom. The molecule has 5 aromatic rings. The third-order valence-electron chi connectivity index (χ3n) is 7.25. The lowest BCUT2D eigenvalue weighted by atomic mass is 9.97. The van der Waals surface area contributed by atoms with Crippen LogP contribution in [0, 0.1) is 19.7 Å². The SMILES string of the molecule is Cc1cn(-c2ccc(-c3cc(F)c(CO)c(S(C)(=O)=O)c3)cc2-c2nc(C(C)CO)oc2-c2ccc(OC(F)(F)F)cc2)c(C)n1. The number of nitrogens with zero attached hydrogens (tertiary/aromatic N) is 3. The molecule has 0 aliphatic carbocycles. The molecule has 242 valence electrons. The number of rotatable bonds is 9. The second kappa shape index (κ2) is 12.3. The Kier molecular flexibility index (Phi) is 8.81. The van der Waals surface area contributed by atoms with E-state index in [0.717, 1.165) is 24.5 Å². The van der Waals surface area contributed by atoms with Crippen molar-refractivity contribution in [3.63, 3.8) is 0 Å². The number of aliphatic hydroxyl groups excluding tert-OH is 2. The van der Waals surface area contributed by atoms with Gasteiger partial charge in [0.15, 0.2) is 15.6 Å². The summed E-state index contributed by atoms with van der Waals surface area (Å²) in [6.45, 7) is 4.14. The standard InChI is InChI=1S/C32H29F4N3O6S/c1-17(15-40)31-38-29(30(44-31)20-5-8-23(9-6-20)45-32(34,35)36)24-11-21(7-10-27(24)39-14-18(2)37-19(39)3)22-12-26(33)25(16-41)28(13-22)46(4,42)43/h5-14,17,40-41H,15-16H2,1-4H3. The largest absolute Gasteiger partial charge is 0.573 e. The molecule has 5 rings (SSSR count). The van der Waals surface area contributed by atoms with E-state index in [-0.39, 0.29) is 40.0 Å². The highest BCUT2D eigenvalue weighted by Crippen LogP contribution is 2.41. The summed E-state index contributed by atoms with van der Waals surface area (Å²) in [6.07, 6.45) is -2.18. The molecule has 9 nitrogen and oxygen atoms in total. The van der Waals surface area contributed by atoms with Crippen LogP contribution in [0.2, 0.25) is 0 Å². The summed E-state index contributed by atoms with van der Waals surface area (Å²) in [4.78, 5) is 8.81. The van der Waals surface area contributed by atoms with E-state index < -0.39 is 40.3 Å². The van der Waals surface area contributed by atoms with E-state index in [2.05, 4.69) is 9.72 Å². The lowest BCUT2D eigenvalue weighted by molar-refractivity contribution is -0.274. The predicted molar refractivity (Wildman–Crippen MR) is 161 cm³/mol. The van der Waals surface area contributed by atoms with Gasteiger partial charge in [-0.25, -0.2) is 22.8 Å². The number of aromatic nitrogens is 3. The summed E-state index contributed by atoms with van der Waals surface area (Å²) in [7, 11) is -3.93. The molecule has 2 aromatic heterocycles. The second-order valence-corrected chi connectivity index (χ2v) is 12.8. The van der Waals surface area contributed by atoms with E-state index in [9.17, 15) is 31.8 Å². The molecular formula is C32H29F4N3O6S. The fourth-order valence-corrected chi connectivity index (χ4v) is 6.00. The van der Waals surface area contributed by atoms with Crippen LogP contribution in [0.1, 0.15) is 35.8 Å². The van der Waals surface area contributed by atoms with Crippen LogP contribution < -0.4 is 4.74 Å². The van der Waals surface area contributed by atoms with Gasteiger partial charge in [-0.2, -0.15) is 0 Å². The van der Waals surface area contributed by atoms with Crippen molar-refractivity contribution in [2.75, 3.05) is 12.9 Å². The van der Waals surface area contributed by atoms with E-state index in [1.54, 1.807) is 42.8 Å². The Balaban J connectivity index is 1.78. The summed E-state index contributed by atoms with van der Waals surface area (Å²) in [5.41, 5.74) is 2.53. The monoisotopic (exact) mass is 659 g/mol. The first-order valence-corrected chi connectivity index (χ1v) is 15.8. The van der Waals surface area contributed by atoms with Gasteiger partial charge >= 0.3 is 6.36 Å². The number of aryl methyl sites for hydroxylation is 2. The zero-order valence-corrected chi connectivity index (χ0v) is 25.9. The molecule has 1 atom stereocenters. The van der Waals surface area contributed by atoms with Gasteiger partial charge in [-0.15, -0.1) is 13.2 Å². The Hall–Kier alpha value is -4.53. The van der Waals surface area contributed by atoms with Crippen LogP contribution in [-0.4, -0.2) is 52.4 Å². The molecule has 0 bridgehead atoms. The average Bonchev–Trinajstić information content (AvgIpc) is 3.58. The first kappa shape index (κ1) is 32.9. The normalized spacial score (nSPS) is 12.8. The van der Waals surface area contributed by atoms with Gasteiger partial charge in [-0.3, -0.25) is 0 Å². The smallest absolute Gasteiger partial charge is 0.440 e. The first-order valence-electron chi connectivity index (χ1n) is 13.9. The summed E-state index contributed by atoms with van der Waals surface area (Å²) in [6, 6.07) is 12.4. The quantitative estimate of drug-likeness (QED) is 0.172. The van der Waals surface area contributed by atoms with Gasteiger partial charge in [0.1, 0.15) is 23.1 Å². The topological polar surface area (TPSA) is 128 Å². The van der Waals surface area contributed by atoms with Crippen molar-refractivity contribution in [3.05, 3.63) is 89.6 Å². The van der Waals surface area contributed by atoms with Crippen molar-refractivity contribution in [3.8, 4) is 45.1 Å². The molecule has 0 saturated heterocycles. The van der Waals surface area contributed by atoms with E-state index in [1.807, 2.05) is 6.92 Å². The van der Waals surface area contributed by atoms with Crippen molar-refractivity contribution in [2.24, 2.45) is 0 Å². The van der Waals surface area contributed by atoms with Crippen LogP contribution in [0.5, 0.6) is 5.75 Å². The number of oxazole rings is 1. The molecule has 1 unspecified atom stereocenters. The fraction of sp³-hybridized carbons (Fsp3) is 0.250. The number of imidazole rings is 1. The molecule has 0 aliphatic rings. The van der Waals surface area contributed by atoms with Crippen LogP contribution in [-0.2, 0) is 16.4 Å². The molecule has 2 heterocycles. The third kappa shape index (κ3) is 6.69. The van der Waals surface area contributed by atoms with Gasteiger partial charge in [0.05, 0.1) is 35.4 Å². The zero-order chi connectivity index (χ0) is 33.6. The summed E-state index contributed by atoms with van der Waals surface area (Å²) in [5.74, 6) is -0.970. The van der Waals surface area contributed by atoms with Crippen LogP contribution in [0.4, 0.5) is 17.6 Å². The average molecular weight is 660 g/mol. The number of aliphatic hydroxyl groups is 2. The van der Waals surface area contributed by atoms with Gasteiger partial charge in [-0.05, 0) is 73.5 Å². The predicted octanol–water partition coefficient (Wildman–Crippen LogP) is 6.51. The number of benzene rings is 3. The van der Waals surface area contributed by atoms with Crippen molar-refractivity contribution >= 4 is 9.84 Å². The minimum atomic E-state index is -4.88. The van der Waals surface area contributed by atoms with E-state index >= 15 is 4.39 Å². The highest BCUT2D eigenvalue weighted by Gasteiger charge is 2.31. The summed E-state index contributed by atoms with van der Waals surface area (Å²) in [5, 5.41) is 19.5. The van der Waals surface area contributed by atoms with Crippen LogP contribution in [0.3, 0.4) is 0 Å². The maximum atomic E-state index is 15.1. The fourth-order valence-electron chi connectivity index (χ4n) is 5.05. The van der Waals surface area contributed by atoms with E-state index in [4.69, 9.17) is 9.40 Å². The van der Waals surface area contributed by atoms with Gasteiger partial charge < -0.3 is 23.9 Å². The minimum absolute atomic E-state index is 0.149. The van der Waals surface area contributed by atoms with Crippen molar-refractivity contribution in [2.45, 2.75) is 44.6 Å². The van der Waals surface area contributed by atoms with Gasteiger partial charge in [-0.1, -0.05) is 13.0 Å². The van der Waals surface area contributed by atoms with Gasteiger partial charge in [0.25, 0.3) is 0 Å². The Morgan fingerprint density at radius 2 is 1.65 bits per heavy atom. The number of halogens is 4. The molecule has 14 heteroatoms. The van der Waals surface area contributed by atoms with Crippen molar-refractivity contribution < 1.29 is 45.3 Å². The molecule has 46 heavy (non-hydrogen) atoms. The van der Waals surface area contributed by atoms with Crippen molar-refractivity contribution in [1.82, 2.24) is 14.5 Å². The molecule has 0 saturated carbocycles. The lowest BCUT2D eigenvalue weighted by Gasteiger charge is -2.15. The number of sulfone groups is 1. The summed E-state index contributed by atoms with van der Waals surface area (Å²) < 4.78 is 90.5. The Morgan fingerprint density at radius 1 is 0.978 bits per heavy atom.